The van der Waals surface area contributed by atoms with Gasteiger partial charge in [-0.25, -0.2) is 4.79 Å². The highest BCUT2D eigenvalue weighted by atomic mass is 16.5. The van der Waals surface area contributed by atoms with Crippen molar-refractivity contribution in [2.75, 3.05) is 6.61 Å². The van der Waals surface area contributed by atoms with Crippen LogP contribution < -0.4 is 0 Å². The predicted molar refractivity (Wildman–Crippen MR) is 47.8 cm³/mol. The minimum Gasteiger partial charge on any atom is -0.425 e. The zero-order valence-electron chi connectivity index (χ0n) is 7.78. The lowest BCUT2D eigenvalue weighted by Crippen LogP contribution is -2.20. The monoisotopic (exact) mass is 186 g/mol. The fraction of sp³-hybridized carbons (Fsp3) is 0.444. The third kappa shape index (κ3) is 3.87. The number of rotatable bonds is 4. The molecule has 4 heteroatoms. The Bertz CT molecular complexity index is 230. The third-order valence-corrected chi connectivity index (χ3v) is 1.34. The van der Waals surface area contributed by atoms with Crippen LogP contribution in [0, 0.1) is 0 Å². The predicted octanol–water partition coefficient (Wildman–Crippen LogP) is 0.363. The SMILES string of the molecule is C=C(C)C(=O)OC(=CC)C(O)CO. The van der Waals surface area contributed by atoms with Gasteiger partial charge < -0.3 is 14.9 Å². The molecule has 1 unspecified atom stereocenters. The Labute approximate surface area is 77.1 Å². The van der Waals surface area contributed by atoms with E-state index in [9.17, 15) is 4.79 Å². The van der Waals surface area contributed by atoms with E-state index >= 15 is 0 Å². The molecule has 0 spiro atoms. The summed E-state index contributed by atoms with van der Waals surface area (Å²) in [6.45, 7) is 6.00. The van der Waals surface area contributed by atoms with E-state index in [2.05, 4.69) is 6.58 Å². The van der Waals surface area contributed by atoms with Crippen LogP contribution in [-0.2, 0) is 9.53 Å². The number of carbonyl (C=O) groups excluding carboxylic acids is 1. The van der Waals surface area contributed by atoms with E-state index in [0.717, 1.165) is 0 Å². The molecule has 0 heterocycles. The quantitative estimate of drug-likeness (QED) is 0.378. The minimum absolute atomic E-state index is 0.0375. The molecule has 0 aliphatic carbocycles. The molecule has 2 N–H and O–H groups in total. The molecular weight excluding hydrogens is 172 g/mol. The number of esters is 1. The zero-order chi connectivity index (χ0) is 10.4. The van der Waals surface area contributed by atoms with Gasteiger partial charge in [-0.3, -0.25) is 0 Å². The summed E-state index contributed by atoms with van der Waals surface area (Å²) >= 11 is 0. The Morgan fingerprint density at radius 3 is 2.54 bits per heavy atom. The smallest absolute Gasteiger partial charge is 0.338 e. The van der Waals surface area contributed by atoms with Gasteiger partial charge in [0.25, 0.3) is 0 Å². The van der Waals surface area contributed by atoms with Gasteiger partial charge in [0.05, 0.1) is 6.61 Å². The number of aliphatic hydroxyl groups excluding tert-OH is 2. The van der Waals surface area contributed by atoms with Gasteiger partial charge in [-0.1, -0.05) is 6.58 Å². The maximum absolute atomic E-state index is 11.0. The molecule has 0 fully saturated rings. The van der Waals surface area contributed by atoms with Crippen LogP contribution in [0.4, 0.5) is 0 Å². The molecule has 0 bridgehead atoms. The topological polar surface area (TPSA) is 66.8 Å². The van der Waals surface area contributed by atoms with Gasteiger partial charge in [-0.05, 0) is 19.9 Å². The Kier molecular flexibility index (Phi) is 5.03. The molecule has 1 atom stereocenters. The molecule has 0 aliphatic rings. The van der Waals surface area contributed by atoms with Crippen LogP contribution >= 0.6 is 0 Å². The fourth-order valence-electron chi connectivity index (χ4n) is 0.603. The molecule has 0 aromatic heterocycles. The largest absolute Gasteiger partial charge is 0.425 e. The highest BCUT2D eigenvalue weighted by molar-refractivity contribution is 5.87. The Hall–Kier alpha value is -1.13. The molecule has 0 saturated carbocycles. The van der Waals surface area contributed by atoms with E-state index in [0.29, 0.717) is 0 Å². The van der Waals surface area contributed by atoms with E-state index in [1.165, 1.54) is 13.0 Å². The molecule has 0 aliphatic heterocycles. The summed E-state index contributed by atoms with van der Waals surface area (Å²) in [6, 6.07) is 0. The van der Waals surface area contributed by atoms with Gasteiger partial charge in [-0.2, -0.15) is 0 Å². The van der Waals surface area contributed by atoms with Crippen molar-refractivity contribution in [2.24, 2.45) is 0 Å². The van der Waals surface area contributed by atoms with E-state index < -0.39 is 18.7 Å². The van der Waals surface area contributed by atoms with Crippen molar-refractivity contribution in [3.8, 4) is 0 Å². The van der Waals surface area contributed by atoms with E-state index in [1.54, 1.807) is 6.92 Å². The number of aliphatic hydroxyl groups is 2. The van der Waals surface area contributed by atoms with Crippen molar-refractivity contribution < 1.29 is 19.7 Å². The average molecular weight is 186 g/mol. The summed E-state index contributed by atoms with van der Waals surface area (Å²) in [5, 5.41) is 17.7. The van der Waals surface area contributed by atoms with E-state index in [4.69, 9.17) is 14.9 Å². The van der Waals surface area contributed by atoms with E-state index in [-0.39, 0.29) is 11.3 Å². The normalized spacial score (nSPS) is 13.7. The summed E-state index contributed by atoms with van der Waals surface area (Å²) in [5.41, 5.74) is 0.240. The van der Waals surface area contributed by atoms with Crippen molar-refractivity contribution in [2.45, 2.75) is 20.0 Å². The first-order valence-electron chi connectivity index (χ1n) is 3.85. The van der Waals surface area contributed by atoms with Gasteiger partial charge in [0, 0.05) is 5.57 Å². The Morgan fingerprint density at radius 1 is 1.69 bits per heavy atom. The summed E-state index contributed by atoms with van der Waals surface area (Å²) in [4.78, 5) is 11.0. The summed E-state index contributed by atoms with van der Waals surface area (Å²) in [6.07, 6.45) is 0.259. The first kappa shape index (κ1) is 11.9. The van der Waals surface area contributed by atoms with Crippen LogP contribution in [0.5, 0.6) is 0 Å². The minimum atomic E-state index is -1.16. The van der Waals surface area contributed by atoms with Crippen LogP contribution in [0.3, 0.4) is 0 Å². The van der Waals surface area contributed by atoms with Crippen molar-refractivity contribution in [1.82, 2.24) is 0 Å². The molecule has 74 valence electrons. The molecule has 0 amide bonds. The van der Waals surface area contributed by atoms with Crippen LogP contribution in [0.25, 0.3) is 0 Å². The second-order valence-corrected chi connectivity index (χ2v) is 2.56. The number of ether oxygens (including phenoxy) is 1. The zero-order valence-corrected chi connectivity index (χ0v) is 7.78. The first-order chi connectivity index (χ1) is 6.02. The Balaban J connectivity index is 4.31. The highest BCUT2D eigenvalue weighted by Gasteiger charge is 2.14. The molecule has 0 saturated heterocycles. The lowest BCUT2D eigenvalue weighted by Gasteiger charge is -2.11. The van der Waals surface area contributed by atoms with Crippen LogP contribution in [0.1, 0.15) is 13.8 Å². The van der Waals surface area contributed by atoms with Gasteiger partial charge in [0.15, 0.2) is 0 Å². The maximum atomic E-state index is 11.0. The molecule has 0 radical (unpaired) electrons. The van der Waals surface area contributed by atoms with Crippen LogP contribution in [0.2, 0.25) is 0 Å². The number of allylic oxidation sites excluding steroid dienone is 1. The first-order valence-corrected chi connectivity index (χ1v) is 3.85. The van der Waals surface area contributed by atoms with Gasteiger partial charge in [0.1, 0.15) is 11.9 Å². The molecule has 0 rings (SSSR count). The molecule has 4 nitrogen and oxygen atoms in total. The second kappa shape index (κ2) is 5.50. The average Bonchev–Trinajstić information content (AvgIpc) is 2.12. The van der Waals surface area contributed by atoms with Crippen LogP contribution in [0.15, 0.2) is 24.0 Å². The summed E-state index contributed by atoms with van der Waals surface area (Å²) in [7, 11) is 0. The van der Waals surface area contributed by atoms with Crippen molar-refractivity contribution in [3.05, 3.63) is 24.0 Å². The van der Waals surface area contributed by atoms with Crippen LogP contribution in [-0.4, -0.2) is 28.9 Å². The molecule has 13 heavy (non-hydrogen) atoms. The summed E-state index contributed by atoms with van der Waals surface area (Å²) < 4.78 is 4.73. The number of hydrogen-bond acceptors (Lipinski definition) is 4. The molecule has 0 aromatic rings. The van der Waals surface area contributed by atoms with Gasteiger partial charge in [0.2, 0.25) is 0 Å². The number of hydrogen-bond donors (Lipinski definition) is 2. The third-order valence-electron chi connectivity index (χ3n) is 1.34. The maximum Gasteiger partial charge on any atom is 0.338 e. The standard InChI is InChI=1S/C9H14O4/c1-4-8(7(11)5-10)13-9(12)6(2)3/h4,7,10-11H,2,5H2,1,3H3. The molecule has 0 aromatic carbocycles. The summed E-state index contributed by atoms with van der Waals surface area (Å²) in [5.74, 6) is -0.573. The molecular formula is C9H14O4. The van der Waals surface area contributed by atoms with Gasteiger partial charge >= 0.3 is 5.97 Å². The second-order valence-electron chi connectivity index (χ2n) is 2.56. The van der Waals surface area contributed by atoms with E-state index in [1.807, 2.05) is 0 Å². The number of carbonyl (C=O) groups is 1. The van der Waals surface area contributed by atoms with Crippen molar-refractivity contribution in [3.63, 3.8) is 0 Å². The van der Waals surface area contributed by atoms with Crippen molar-refractivity contribution >= 4 is 5.97 Å². The van der Waals surface area contributed by atoms with Gasteiger partial charge in [-0.15, -0.1) is 0 Å². The fourth-order valence-corrected chi connectivity index (χ4v) is 0.603. The lowest BCUT2D eigenvalue weighted by atomic mass is 10.3. The lowest BCUT2D eigenvalue weighted by molar-refractivity contribution is -0.136. The highest BCUT2D eigenvalue weighted by Crippen LogP contribution is 2.07. The van der Waals surface area contributed by atoms with Crippen molar-refractivity contribution in [1.29, 1.82) is 0 Å². The Morgan fingerprint density at radius 2 is 2.23 bits per heavy atom.